The molecule has 5 nitrogen and oxygen atoms in total. The Bertz CT molecular complexity index is 419. The molecule has 1 atom stereocenters. The van der Waals surface area contributed by atoms with Crippen molar-refractivity contribution in [3.63, 3.8) is 0 Å². The number of hydrogen-bond donors (Lipinski definition) is 1. The molecule has 1 N–H and O–H groups in total. The molecular weight excluding hydrogens is 227 g/mol. The third kappa shape index (κ3) is 2.71. The zero-order valence-corrected chi connectivity index (χ0v) is 9.19. The van der Waals surface area contributed by atoms with Gasteiger partial charge in [0.05, 0.1) is 4.92 Å². The molecule has 1 aliphatic rings. The van der Waals surface area contributed by atoms with Gasteiger partial charge in [0, 0.05) is 12.1 Å². The first-order valence-corrected chi connectivity index (χ1v) is 5.47. The van der Waals surface area contributed by atoms with E-state index in [1.165, 1.54) is 12.1 Å². The van der Waals surface area contributed by atoms with Crippen LogP contribution in [0.15, 0.2) is 18.2 Å². The van der Waals surface area contributed by atoms with E-state index >= 15 is 0 Å². The fourth-order valence-electron chi connectivity index (χ4n) is 1.87. The summed E-state index contributed by atoms with van der Waals surface area (Å²) in [5.74, 6) is -0.969. The van der Waals surface area contributed by atoms with Gasteiger partial charge in [0.25, 0.3) is 0 Å². The highest BCUT2D eigenvalue weighted by Gasteiger charge is 2.21. The highest BCUT2D eigenvalue weighted by atomic mass is 19.1. The van der Waals surface area contributed by atoms with Gasteiger partial charge >= 0.3 is 5.69 Å². The van der Waals surface area contributed by atoms with Gasteiger partial charge in [-0.3, -0.25) is 10.1 Å². The largest absolute Gasteiger partial charge is 0.483 e. The highest BCUT2D eigenvalue weighted by Crippen LogP contribution is 2.29. The van der Waals surface area contributed by atoms with Crippen LogP contribution in [0.1, 0.15) is 12.8 Å². The van der Waals surface area contributed by atoms with Crippen molar-refractivity contribution < 1.29 is 14.1 Å². The normalized spacial score (nSPS) is 19.2. The second kappa shape index (κ2) is 5.09. The van der Waals surface area contributed by atoms with Gasteiger partial charge in [0.2, 0.25) is 5.75 Å². The van der Waals surface area contributed by atoms with E-state index in [0.29, 0.717) is 0 Å². The van der Waals surface area contributed by atoms with Crippen LogP contribution in [0.2, 0.25) is 0 Å². The van der Waals surface area contributed by atoms with Gasteiger partial charge in [0.1, 0.15) is 6.61 Å². The van der Waals surface area contributed by atoms with Crippen molar-refractivity contribution in [3.05, 3.63) is 34.1 Å². The van der Waals surface area contributed by atoms with Gasteiger partial charge < -0.3 is 10.1 Å². The molecule has 1 saturated heterocycles. The summed E-state index contributed by atoms with van der Waals surface area (Å²) in [5.41, 5.74) is -0.331. The van der Waals surface area contributed by atoms with Crippen LogP contribution in [0.25, 0.3) is 0 Å². The maximum absolute atomic E-state index is 13.4. The maximum atomic E-state index is 13.4. The maximum Gasteiger partial charge on any atom is 0.314 e. The van der Waals surface area contributed by atoms with E-state index < -0.39 is 10.7 Å². The van der Waals surface area contributed by atoms with Crippen molar-refractivity contribution in [1.82, 2.24) is 5.32 Å². The Labute approximate surface area is 97.7 Å². The van der Waals surface area contributed by atoms with Crippen molar-refractivity contribution in [3.8, 4) is 5.75 Å². The molecule has 0 radical (unpaired) electrons. The number of nitrogens with one attached hydrogen (secondary N) is 1. The monoisotopic (exact) mass is 240 g/mol. The van der Waals surface area contributed by atoms with Gasteiger partial charge in [-0.2, -0.15) is 0 Å². The molecule has 1 heterocycles. The Morgan fingerprint density at radius 3 is 3.06 bits per heavy atom. The van der Waals surface area contributed by atoms with Crippen LogP contribution in [0, 0.1) is 15.9 Å². The molecule has 0 bridgehead atoms. The number of ether oxygens (including phenoxy) is 1. The van der Waals surface area contributed by atoms with Crippen molar-refractivity contribution in [2.75, 3.05) is 13.2 Å². The number of nitro benzene ring substituents is 1. The number of rotatable bonds is 4. The van der Waals surface area contributed by atoms with E-state index in [0.717, 1.165) is 25.5 Å². The standard InChI is InChI=1S/C11H13FN2O3/c12-9-4-1-5-10(14(15)16)11(9)17-7-8-3-2-6-13-8/h1,4-5,8,13H,2-3,6-7H2/t8-/m0/s1. The molecule has 1 aliphatic heterocycles. The first-order valence-electron chi connectivity index (χ1n) is 5.47. The molecule has 92 valence electrons. The molecular formula is C11H13FN2O3. The van der Waals surface area contributed by atoms with Crippen molar-refractivity contribution >= 4 is 5.69 Å². The molecule has 0 saturated carbocycles. The predicted molar refractivity (Wildman–Crippen MR) is 59.6 cm³/mol. The van der Waals surface area contributed by atoms with Crippen LogP contribution in [0.4, 0.5) is 10.1 Å². The van der Waals surface area contributed by atoms with Gasteiger partial charge in [-0.05, 0) is 25.5 Å². The summed E-state index contributed by atoms with van der Waals surface area (Å²) in [4.78, 5) is 10.1. The molecule has 2 rings (SSSR count). The van der Waals surface area contributed by atoms with Crippen LogP contribution < -0.4 is 10.1 Å². The Balaban J connectivity index is 2.10. The van der Waals surface area contributed by atoms with Gasteiger partial charge in [-0.1, -0.05) is 6.07 Å². The third-order valence-electron chi connectivity index (χ3n) is 2.73. The second-order valence-corrected chi connectivity index (χ2v) is 3.95. The van der Waals surface area contributed by atoms with E-state index in [-0.39, 0.29) is 24.1 Å². The lowest BCUT2D eigenvalue weighted by Crippen LogP contribution is -2.28. The molecule has 0 amide bonds. The molecule has 0 unspecified atom stereocenters. The minimum absolute atomic E-state index is 0.147. The minimum Gasteiger partial charge on any atom is -0.483 e. The summed E-state index contributed by atoms with van der Waals surface area (Å²) in [6, 6.07) is 3.84. The van der Waals surface area contributed by atoms with Gasteiger partial charge in [0.15, 0.2) is 5.82 Å². The topological polar surface area (TPSA) is 64.4 Å². The van der Waals surface area contributed by atoms with Crippen molar-refractivity contribution in [2.45, 2.75) is 18.9 Å². The quantitative estimate of drug-likeness (QED) is 0.644. The molecule has 17 heavy (non-hydrogen) atoms. The molecule has 1 aromatic carbocycles. The average molecular weight is 240 g/mol. The summed E-state index contributed by atoms with van der Waals surface area (Å²) >= 11 is 0. The van der Waals surface area contributed by atoms with E-state index in [2.05, 4.69) is 5.32 Å². The van der Waals surface area contributed by atoms with E-state index in [1.807, 2.05) is 0 Å². The van der Waals surface area contributed by atoms with Gasteiger partial charge in [-0.25, -0.2) is 4.39 Å². The lowest BCUT2D eigenvalue weighted by atomic mass is 10.2. The third-order valence-corrected chi connectivity index (χ3v) is 2.73. The Morgan fingerprint density at radius 2 is 2.41 bits per heavy atom. The summed E-state index contributed by atoms with van der Waals surface area (Å²) < 4.78 is 18.7. The zero-order valence-electron chi connectivity index (χ0n) is 9.19. The summed E-state index contributed by atoms with van der Waals surface area (Å²) in [5, 5.41) is 13.9. The second-order valence-electron chi connectivity index (χ2n) is 3.95. The van der Waals surface area contributed by atoms with Crippen molar-refractivity contribution in [1.29, 1.82) is 0 Å². The van der Waals surface area contributed by atoms with E-state index in [4.69, 9.17) is 4.74 Å². The SMILES string of the molecule is O=[N+]([O-])c1cccc(F)c1OC[C@@H]1CCCN1. The number of hydrogen-bond acceptors (Lipinski definition) is 4. The van der Waals surface area contributed by atoms with Crippen LogP contribution in [0.5, 0.6) is 5.75 Å². The number of para-hydroxylation sites is 1. The van der Waals surface area contributed by atoms with E-state index in [9.17, 15) is 14.5 Å². The Morgan fingerprint density at radius 1 is 1.59 bits per heavy atom. The Kier molecular flexibility index (Phi) is 3.53. The molecule has 0 aliphatic carbocycles. The first kappa shape index (κ1) is 11.8. The smallest absolute Gasteiger partial charge is 0.314 e. The zero-order chi connectivity index (χ0) is 12.3. The van der Waals surface area contributed by atoms with Crippen LogP contribution in [0.3, 0.4) is 0 Å². The summed E-state index contributed by atoms with van der Waals surface area (Å²) in [7, 11) is 0. The summed E-state index contributed by atoms with van der Waals surface area (Å²) in [6.07, 6.45) is 2.00. The lowest BCUT2D eigenvalue weighted by Gasteiger charge is -2.12. The van der Waals surface area contributed by atoms with Gasteiger partial charge in [-0.15, -0.1) is 0 Å². The molecule has 1 aromatic rings. The average Bonchev–Trinajstić information content (AvgIpc) is 2.80. The molecule has 0 aromatic heterocycles. The van der Waals surface area contributed by atoms with Crippen LogP contribution >= 0.6 is 0 Å². The Hall–Kier alpha value is -1.69. The number of nitro groups is 1. The van der Waals surface area contributed by atoms with Crippen LogP contribution in [-0.4, -0.2) is 24.1 Å². The van der Waals surface area contributed by atoms with E-state index in [1.54, 1.807) is 0 Å². The highest BCUT2D eigenvalue weighted by molar-refractivity contribution is 5.46. The van der Waals surface area contributed by atoms with Crippen molar-refractivity contribution in [2.24, 2.45) is 0 Å². The lowest BCUT2D eigenvalue weighted by molar-refractivity contribution is -0.386. The number of benzene rings is 1. The molecule has 6 heteroatoms. The fourth-order valence-corrected chi connectivity index (χ4v) is 1.87. The molecule has 1 fully saturated rings. The minimum atomic E-state index is -0.697. The predicted octanol–water partition coefficient (Wildman–Crippen LogP) is 1.86. The summed E-state index contributed by atoms with van der Waals surface area (Å²) in [6.45, 7) is 1.16. The fraction of sp³-hybridized carbons (Fsp3) is 0.455. The first-order chi connectivity index (χ1) is 8.18. The molecule has 0 spiro atoms. The van der Waals surface area contributed by atoms with Crippen LogP contribution in [-0.2, 0) is 0 Å². The number of halogens is 1. The number of nitrogens with zero attached hydrogens (tertiary/aromatic N) is 1.